The molecule has 2 saturated carbocycles. The number of hydrogen-bond acceptors (Lipinski definition) is 8. The Morgan fingerprint density at radius 2 is 1.72 bits per heavy atom. The first-order chi connectivity index (χ1) is 21.2. The number of aromatic nitrogens is 4. The number of hydrogen-bond donors (Lipinski definition) is 3. The van der Waals surface area contributed by atoms with Gasteiger partial charge in [-0.15, -0.1) is 0 Å². The minimum Gasteiger partial charge on any atom is -0.373 e. The van der Waals surface area contributed by atoms with Crippen molar-refractivity contribution in [1.82, 2.24) is 24.5 Å². The smallest absolute Gasteiger partial charge is 0.227 e. The van der Waals surface area contributed by atoms with Gasteiger partial charge in [0.25, 0.3) is 0 Å². The molecule has 43 heavy (non-hydrogen) atoms. The second-order valence-corrected chi connectivity index (χ2v) is 13.2. The van der Waals surface area contributed by atoms with Gasteiger partial charge in [0.1, 0.15) is 0 Å². The van der Waals surface area contributed by atoms with Crippen molar-refractivity contribution < 1.29 is 4.74 Å². The summed E-state index contributed by atoms with van der Waals surface area (Å²) < 4.78 is 8.88. The first kappa shape index (κ1) is 30.3. The Balaban J connectivity index is 1.13. The quantitative estimate of drug-likeness (QED) is 0.187. The third-order valence-corrected chi connectivity index (χ3v) is 9.97. The summed E-state index contributed by atoms with van der Waals surface area (Å²) in [6.07, 6.45) is 18.6. The second-order valence-electron chi connectivity index (χ2n) is 13.2. The Kier molecular flexibility index (Phi) is 10.4. The maximum Gasteiger partial charge on any atom is 0.227 e. The first-order valence-corrected chi connectivity index (χ1v) is 17.1. The maximum absolute atomic E-state index is 6.58. The van der Waals surface area contributed by atoms with Crippen LogP contribution in [0.2, 0.25) is 0 Å². The van der Waals surface area contributed by atoms with Crippen LogP contribution in [0.5, 0.6) is 0 Å². The summed E-state index contributed by atoms with van der Waals surface area (Å²) in [5.41, 5.74) is 12.9. The molecule has 1 atom stereocenters. The van der Waals surface area contributed by atoms with Crippen LogP contribution in [0.4, 0.5) is 11.8 Å². The summed E-state index contributed by atoms with van der Waals surface area (Å²) in [7, 11) is 0. The van der Waals surface area contributed by atoms with Gasteiger partial charge < -0.3 is 25.8 Å². The van der Waals surface area contributed by atoms with E-state index in [1.807, 2.05) is 6.33 Å². The van der Waals surface area contributed by atoms with E-state index in [9.17, 15) is 0 Å². The molecular weight excluding hydrogens is 536 g/mol. The Morgan fingerprint density at radius 1 is 0.953 bits per heavy atom. The maximum atomic E-state index is 6.58. The highest BCUT2D eigenvalue weighted by Crippen LogP contribution is 2.34. The van der Waals surface area contributed by atoms with Crippen LogP contribution >= 0.6 is 0 Å². The van der Waals surface area contributed by atoms with Gasteiger partial charge in [-0.2, -0.15) is 9.97 Å². The normalized spacial score (nSPS) is 23.1. The number of ether oxygens (including phenoxy) is 1. The fourth-order valence-electron chi connectivity index (χ4n) is 7.32. The van der Waals surface area contributed by atoms with Gasteiger partial charge in [0.2, 0.25) is 5.95 Å². The molecule has 0 bridgehead atoms. The molecule has 1 unspecified atom stereocenters. The summed E-state index contributed by atoms with van der Waals surface area (Å²) in [5.74, 6) is 2.09. The molecule has 234 valence electrons. The first-order valence-electron chi connectivity index (χ1n) is 17.1. The van der Waals surface area contributed by atoms with Crippen molar-refractivity contribution in [3.05, 3.63) is 42.2 Å². The number of piperidine rings is 1. The largest absolute Gasteiger partial charge is 0.373 e. The van der Waals surface area contributed by atoms with Gasteiger partial charge in [0.15, 0.2) is 17.0 Å². The van der Waals surface area contributed by atoms with E-state index in [0.717, 1.165) is 75.0 Å². The number of hydrazine groups is 1. The fourth-order valence-corrected chi connectivity index (χ4v) is 7.32. The van der Waals surface area contributed by atoms with Crippen molar-refractivity contribution in [2.45, 2.75) is 128 Å². The number of rotatable bonds is 13. The van der Waals surface area contributed by atoms with E-state index in [1.54, 1.807) is 0 Å². The van der Waals surface area contributed by atoms with E-state index < -0.39 is 0 Å². The molecular formula is C34H52N8O. The van der Waals surface area contributed by atoms with Crippen LogP contribution < -0.4 is 16.5 Å². The highest BCUT2D eigenvalue weighted by molar-refractivity contribution is 5.84. The minimum atomic E-state index is 0.307. The van der Waals surface area contributed by atoms with Crippen LogP contribution in [-0.4, -0.2) is 55.8 Å². The van der Waals surface area contributed by atoms with E-state index >= 15 is 0 Å². The second kappa shape index (κ2) is 14.8. The summed E-state index contributed by atoms with van der Waals surface area (Å²) in [6.45, 7) is 4.89. The SMILES string of the molecule is CCCCCC(OCc1ccccc1)C1CCN(Nc2nc(NC3CCC(N)CC3)nc3c2ncn3C2CCCC2)CC1. The van der Waals surface area contributed by atoms with E-state index in [4.69, 9.17) is 25.4 Å². The molecule has 6 rings (SSSR count). The molecule has 3 fully saturated rings. The van der Waals surface area contributed by atoms with Crippen LogP contribution in [0, 0.1) is 5.92 Å². The van der Waals surface area contributed by atoms with E-state index in [0.29, 0.717) is 42.7 Å². The van der Waals surface area contributed by atoms with Crippen LogP contribution in [0.25, 0.3) is 11.2 Å². The number of imidazole rings is 1. The van der Waals surface area contributed by atoms with Crippen molar-refractivity contribution in [2.24, 2.45) is 11.7 Å². The minimum absolute atomic E-state index is 0.307. The predicted octanol–water partition coefficient (Wildman–Crippen LogP) is 6.83. The number of nitrogens with zero attached hydrogens (tertiary/aromatic N) is 5. The van der Waals surface area contributed by atoms with E-state index in [1.165, 1.54) is 50.5 Å². The number of nitrogens with one attached hydrogen (secondary N) is 2. The topological polar surface area (TPSA) is 106 Å². The van der Waals surface area contributed by atoms with Crippen LogP contribution in [0.3, 0.4) is 0 Å². The Hall–Kier alpha value is -2.75. The van der Waals surface area contributed by atoms with Gasteiger partial charge in [-0.25, -0.2) is 9.99 Å². The summed E-state index contributed by atoms with van der Waals surface area (Å²) >= 11 is 0. The van der Waals surface area contributed by atoms with E-state index in [-0.39, 0.29) is 0 Å². The average Bonchev–Trinajstić information content (AvgIpc) is 3.72. The molecule has 9 heteroatoms. The molecule has 1 aromatic carbocycles. The zero-order chi connectivity index (χ0) is 29.4. The number of nitrogens with two attached hydrogens (primary N) is 1. The molecule has 4 N–H and O–H groups in total. The molecule has 3 aromatic rings. The van der Waals surface area contributed by atoms with Gasteiger partial charge in [-0.05, 0) is 69.3 Å². The lowest BCUT2D eigenvalue weighted by Gasteiger charge is -2.36. The zero-order valence-corrected chi connectivity index (χ0v) is 26.1. The van der Waals surface area contributed by atoms with Crippen molar-refractivity contribution in [3.63, 3.8) is 0 Å². The van der Waals surface area contributed by atoms with Crippen molar-refractivity contribution in [2.75, 3.05) is 23.8 Å². The summed E-state index contributed by atoms with van der Waals surface area (Å²) in [5, 5.41) is 5.99. The molecule has 1 aliphatic heterocycles. The Bertz CT molecular complexity index is 1260. The molecule has 3 aliphatic rings. The molecule has 0 radical (unpaired) electrons. The molecule has 0 spiro atoms. The van der Waals surface area contributed by atoms with Gasteiger partial charge >= 0.3 is 0 Å². The molecule has 2 aromatic heterocycles. The van der Waals surface area contributed by atoms with Gasteiger partial charge in [0, 0.05) is 31.2 Å². The average molecular weight is 589 g/mol. The van der Waals surface area contributed by atoms with Gasteiger partial charge in [-0.1, -0.05) is 69.4 Å². The molecule has 1 saturated heterocycles. The zero-order valence-electron chi connectivity index (χ0n) is 26.1. The lowest BCUT2D eigenvalue weighted by atomic mass is 9.88. The van der Waals surface area contributed by atoms with Crippen molar-refractivity contribution in [3.8, 4) is 0 Å². The fraction of sp³-hybridized carbons (Fsp3) is 0.676. The molecule has 9 nitrogen and oxygen atoms in total. The van der Waals surface area contributed by atoms with Crippen LogP contribution in [0.15, 0.2) is 36.7 Å². The number of benzene rings is 1. The van der Waals surface area contributed by atoms with E-state index in [2.05, 4.69) is 57.6 Å². The Morgan fingerprint density at radius 3 is 2.47 bits per heavy atom. The van der Waals surface area contributed by atoms with Crippen molar-refractivity contribution in [1.29, 1.82) is 0 Å². The van der Waals surface area contributed by atoms with Gasteiger partial charge in [0.05, 0.1) is 19.0 Å². The van der Waals surface area contributed by atoms with Crippen LogP contribution in [-0.2, 0) is 11.3 Å². The predicted molar refractivity (Wildman–Crippen MR) is 174 cm³/mol. The number of fused-ring (bicyclic) bond motifs is 1. The Labute approximate surface area is 257 Å². The monoisotopic (exact) mass is 588 g/mol. The molecule has 0 amide bonds. The third-order valence-electron chi connectivity index (χ3n) is 9.97. The highest BCUT2D eigenvalue weighted by atomic mass is 16.5. The molecule has 2 aliphatic carbocycles. The lowest BCUT2D eigenvalue weighted by Crippen LogP contribution is -2.41. The standard InChI is InChI=1S/C34H52N8O/c1-2-3-5-14-30(43-23-25-10-6-4-7-11-25)26-19-21-41(22-20-26)40-32-31-33(42(24-36-31)29-12-8-9-13-29)39-34(38-32)37-28-17-15-27(35)16-18-28/h4,6-7,10-11,24,26-30H,2-3,5,8-9,12-23,35H2,1H3,(H2,37,38,39,40). The lowest BCUT2D eigenvalue weighted by molar-refractivity contribution is -0.0231. The van der Waals surface area contributed by atoms with Gasteiger partial charge in [-0.3, -0.25) is 0 Å². The summed E-state index contributed by atoms with van der Waals surface area (Å²) in [4.78, 5) is 14.9. The van der Waals surface area contributed by atoms with Crippen LogP contribution in [0.1, 0.15) is 108 Å². The summed E-state index contributed by atoms with van der Waals surface area (Å²) in [6, 6.07) is 11.8. The highest BCUT2D eigenvalue weighted by Gasteiger charge is 2.29. The third kappa shape index (κ3) is 7.86. The number of unbranched alkanes of at least 4 members (excludes halogenated alkanes) is 2. The van der Waals surface area contributed by atoms with Crippen molar-refractivity contribution >= 4 is 22.9 Å². The number of anilines is 2. The molecule has 3 heterocycles.